The first-order valence-corrected chi connectivity index (χ1v) is 5.06. The third kappa shape index (κ3) is 1.31. The van der Waals surface area contributed by atoms with Crippen LogP contribution in [0.25, 0.3) is 0 Å². The van der Waals surface area contributed by atoms with Crippen molar-refractivity contribution in [2.45, 2.75) is 51.0 Å². The van der Waals surface area contributed by atoms with E-state index in [1.165, 1.54) is 51.6 Å². The van der Waals surface area contributed by atoms with E-state index in [0.717, 1.165) is 0 Å². The zero-order valence-corrected chi connectivity index (χ0v) is 7.60. The van der Waals surface area contributed by atoms with Gasteiger partial charge in [0.25, 0.3) is 0 Å². The van der Waals surface area contributed by atoms with E-state index in [1.807, 2.05) is 0 Å². The van der Waals surface area contributed by atoms with Crippen LogP contribution in [-0.2, 0) is 0 Å². The molecular formula is C10H19N. The fourth-order valence-electron chi connectivity index (χ4n) is 2.44. The Kier molecular flexibility index (Phi) is 1.92. The van der Waals surface area contributed by atoms with Crippen LogP contribution in [0.4, 0.5) is 0 Å². The lowest BCUT2D eigenvalue weighted by atomic mass is 9.76. The van der Waals surface area contributed by atoms with Crippen molar-refractivity contribution in [3.05, 3.63) is 0 Å². The first-order valence-electron chi connectivity index (χ1n) is 5.06. The smallest absolute Gasteiger partial charge is 0.0181 e. The molecule has 1 saturated heterocycles. The minimum Gasteiger partial charge on any atom is -0.298 e. The van der Waals surface area contributed by atoms with Gasteiger partial charge in [-0.3, -0.25) is 4.90 Å². The number of nitrogens with zero attached hydrogens (tertiary/aromatic N) is 1. The van der Waals surface area contributed by atoms with E-state index in [2.05, 4.69) is 11.8 Å². The predicted octanol–water partition coefficient (Wildman–Crippen LogP) is 2.41. The lowest BCUT2D eigenvalue weighted by Crippen LogP contribution is -2.53. The Morgan fingerprint density at radius 1 is 0.909 bits per heavy atom. The first kappa shape index (κ1) is 7.60. The summed E-state index contributed by atoms with van der Waals surface area (Å²) >= 11 is 0. The Balaban J connectivity index is 1.91. The molecule has 0 bridgehead atoms. The van der Waals surface area contributed by atoms with Gasteiger partial charge in [-0.15, -0.1) is 0 Å². The highest BCUT2D eigenvalue weighted by Crippen LogP contribution is 2.38. The zero-order chi connectivity index (χ0) is 7.73. The van der Waals surface area contributed by atoms with Gasteiger partial charge in [0.2, 0.25) is 0 Å². The van der Waals surface area contributed by atoms with Crippen molar-refractivity contribution in [3.8, 4) is 0 Å². The number of hydrogen-bond acceptors (Lipinski definition) is 1. The zero-order valence-electron chi connectivity index (χ0n) is 7.60. The molecule has 0 unspecified atom stereocenters. The van der Waals surface area contributed by atoms with Crippen LogP contribution < -0.4 is 0 Å². The van der Waals surface area contributed by atoms with Crippen molar-refractivity contribution in [1.82, 2.24) is 4.90 Å². The molecule has 1 saturated carbocycles. The largest absolute Gasteiger partial charge is 0.298 e. The van der Waals surface area contributed by atoms with Crippen LogP contribution in [-0.4, -0.2) is 23.5 Å². The van der Waals surface area contributed by atoms with E-state index in [-0.39, 0.29) is 0 Å². The summed E-state index contributed by atoms with van der Waals surface area (Å²) in [4.78, 5) is 2.72. The number of hydrogen-bond donors (Lipinski definition) is 0. The molecule has 1 nitrogen and oxygen atoms in total. The molecule has 2 fully saturated rings. The van der Waals surface area contributed by atoms with Gasteiger partial charge in [0.15, 0.2) is 0 Å². The molecule has 11 heavy (non-hydrogen) atoms. The lowest BCUT2D eigenvalue weighted by molar-refractivity contribution is 0.0175. The molecule has 1 aliphatic heterocycles. The second kappa shape index (κ2) is 2.78. The quantitative estimate of drug-likeness (QED) is 0.559. The third-order valence-electron chi connectivity index (χ3n) is 3.55. The van der Waals surface area contributed by atoms with Gasteiger partial charge in [-0.2, -0.15) is 0 Å². The van der Waals surface area contributed by atoms with Crippen LogP contribution in [0.3, 0.4) is 0 Å². The average Bonchev–Trinajstić information content (AvgIpc) is 2.02. The van der Waals surface area contributed by atoms with Gasteiger partial charge in [0, 0.05) is 5.54 Å². The molecule has 0 aromatic rings. The summed E-state index contributed by atoms with van der Waals surface area (Å²) < 4.78 is 0. The van der Waals surface area contributed by atoms with Gasteiger partial charge < -0.3 is 0 Å². The Bertz CT molecular complexity index is 132. The molecule has 1 heteroatoms. The van der Waals surface area contributed by atoms with E-state index >= 15 is 0 Å². The minimum absolute atomic E-state index is 0.625. The van der Waals surface area contributed by atoms with Gasteiger partial charge in [-0.05, 0) is 52.1 Å². The summed E-state index contributed by atoms with van der Waals surface area (Å²) in [7, 11) is 0. The molecule has 0 amide bonds. The summed E-state index contributed by atoms with van der Waals surface area (Å²) in [6.07, 6.45) is 8.71. The molecule has 0 N–H and O–H groups in total. The highest BCUT2D eigenvalue weighted by molar-refractivity contribution is 4.94. The Labute approximate surface area is 69.8 Å². The third-order valence-corrected chi connectivity index (χ3v) is 3.55. The molecule has 0 spiro atoms. The highest BCUT2D eigenvalue weighted by atomic mass is 15.2. The second-order valence-corrected chi connectivity index (χ2v) is 4.40. The summed E-state index contributed by atoms with van der Waals surface area (Å²) in [5, 5.41) is 0. The van der Waals surface area contributed by atoms with E-state index in [0.29, 0.717) is 5.54 Å². The maximum absolute atomic E-state index is 2.72. The second-order valence-electron chi connectivity index (χ2n) is 4.40. The summed E-state index contributed by atoms with van der Waals surface area (Å²) in [6, 6.07) is 0. The maximum Gasteiger partial charge on any atom is 0.0181 e. The van der Waals surface area contributed by atoms with Crippen molar-refractivity contribution in [2.75, 3.05) is 13.1 Å². The van der Waals surface area contributed by atoms with E-state index < -0.39 is 0 Å². The van der Waals surface area contributed by atoms with Crippen LogP contribution >= 0.6 is 0 Å². The molecule has 1 aliphatic carbocycles. The number of piperidine rings is 1. The molecule has 0 radical (unpaired) electrons. The normalized spacial score (nSPS) is 31.4. The molecule has 64 valence electrons. The lowest BCUT2D eigenvalue weighted by Gasteiger charge is -2.49. The standard InChI is InChI=1S/C10H19N/c1-10(6-5-7-10)11-8-3-2-4-9-11/h2-9H2,1H3. The van der Waals surface area contributed by atoms with Gasteiger partial charge in [0.1, 0.15) is 0 Å². The Morgan fingerprint density at radius 3 is 2.00 bits per heavy atom. The topological polar surface area (TPSA) is 3.24 Å². The summed E-state index contributed by atoms with van der Waals surface area (Å²) in [5.41, 5.74) is 0.625. The fraction of sp³-hybridized carbons (Fsp3) is 1.00. The van der Waals surface area contributed by atoms with Gasteiger partial charge in [-0.1, -0.05) is 6.42 Å². The number of rotatable bonds is 1. The van der Waals surface area contributed by atoms with Gasteiger partial charge >= 0.3 is 0 Å². The summed E-state index contributed by atoms with van der Waals surface area (Å²) in [5.74, 6) is 0. The predicted molar refractivity (Wildman–Crippen MR) is 47.7 cm³/mol. The van der Waals surface area contributed by atoms with E-state index in [4.69, 9.17) is 0 Å². The molecule has 2 rings (SSSR count). The minimum atomic E-state index is 0.625. The first-order chi connectivity index (χ1) is 5.31. The van der Waals surface area contributed by atoms with Crippen LogP contribution in [0.2, 0.25) is 0 Å². The van der Waals surface area contributed by atoms with Crippen molar-refractivity contribution < 1.29 is 0 Å². The molecule has 1 heterocycles. The Morgan fingerprint density at radius 2 is 1.55 bits per heavy atom. The van der Waals surface area contributed by atoms with Crippen molar-refractivity contribution in [2.24, 2.45) is 0 Å². The number of likely N-dealkylation sites (tertiary alicyclic amines) is 1. The van der Waals surface area contributed by atoms with Crippen LogP contribution in [0.5, 0.6) is 0 Å². The molecule has 0 aromatic carbocycles. The monoisotopic (exact) mass is 153 g/mol. The summed E-state index contributed by atoms with van der Waals surface area (Å²) in [6.45, 7) is 5.19. The molecule has 0 atom stereocenters. The van der Waals surface area contributed by atoms with Crippen LogP contribution in [0.15, 0.2) is 0 Å². The fourth-order valence-corrected chi connectivity index (χ4v) is 2.44. The highest BCUT2D eigenvalue weighted by Gasteiger charge is 2.37. The maximum atomic E-state index is 2.72. The van der Waals surface area contributed by atoms with E-state index in [9.17, 15) is 0 Å². The van der Waals surface area contributed by atoms with Crippen molar-refractivity contribution >= 4 is 0 Å². The molecular weight excluding hydrogens is 134 g/mol. The van der Waals surface area contributed by atoms with Crippen LogP contribution in [0, 0.1) is 0 Å². The molecule has 2 aliphatic rings. The van der Waals surface area contributed by atoms with Gasteiger partial charge in [0.05, 0.1) is 0 Å². The Hall–Kier alpha value is -0.0400. The van der Waals surface area contributed by atoms with Crippen LogP contribution in [0.1, 0.15) is 45.4 Å². The van der Waals surface area contributed by atoms with Crippen molar-refractivity contribution in [3.63, 3.8) is 0 Å². The molecule has 0 aromatic heterocycles. The van der Waals surface area contributed by atoms with Crippen molar-refractivity contribution in [1.29, 1.82) is 0 Å². The SMILES string of the molecule is CC1(N2CCCCC2)CCC1. The van der Waals surface area contributed by atoms with E-state index in [1.54, 1.807) is 0 Å². The van der Waals surface area contributed by atoms with Gasteiger partial charge in [-0.25, -0.2) is 0 Å². The average molecular weight is 153 g/mol.